The number of pyridine rings is 2. The summed E-state index contributed by atoms with van der Waals surface area (Å²) in [4.78, 5) is 22.8. The van der Waals surface area contributed by atoms with E-state index in [2.05, 4.69) is 20.4 Å². The van der Waals surface area contributed by atoms with Crippen molar-refractivity contribution in [1.82, 2.24) is 24.6 Å². The number of nitrogens with zero attached hydrogens (tertiary/aromatic N) is 5. The van der Waals surface area contributed by atoms with E-state index in [4.69, 9.17) is 0 Å². The van der Waals surface area contributed by atoms with Gasteiger partial charge in [-0.1, -0.05) is 0 Å². The number of carbonyl (C=O) groups is 1. The standard InChI is InChI=1S/C22H24F4N6O2/c1-21(2,34)9-14-4-3-7-31(14)20(33)16-8-17-15(11-27-16)19(30-32(17)12-22(24,25)26)29-18-6-5-13(23)10-28-18/h5-6,8,10-11,14,34H,3-4,7,9,12H2,1-2H3,(H,28,29,30)/t14-/m0/s1. The quantitative estimate of drug-likeness (QED) is 0.517. The van der Waals surface area contributed by atoms with Gasteiger partial charge in [-0.05, 0) is 51.3 Å². The summed E-state index contributed by atoms with van der Waals surface area (Å²) < 4.78 is 53.5. The molecule has 4 rings (SSSR count). The third-order valence-electron chi connectivity index (χ3n) is 5.53. The van der Waals surface area contributed by atoms with Crippen LogP contribution in [0.2, 0.25) is 0 Å². The van der Waals surface area contributed by atoms with E-state index in [1.165, 1.54) is 18.3 Å². The number of fused-ring (bicyclic) bond motifs is 1. The molecule has 34 heavy (non-hydrogen) atoms. The van der Waals surface area contributed by atoms with Gasteiger partial charge in [-0.25, -0.2) is 9.37 Å². The number of amides is 1. The van der Waals surface area contributed by atoms with Crippen molar-refractivity contribution in [3.05, 3.63) is 42.1 Å². The first-order valence-corrected chi connectivity index (χ1v) is 10.7. The smallest absolute Gasteiger partial charge is 0.390 e. The molecule has 0 saturated carbocycles. The molecule has 4 heterocycles. The molecule has 0 aromatic carbocycles. The average Bonchev–Trinajstić information content (AvgIpc) is 3.31. The summed E-state index contributed by atoms with van der Waals surface area (Å²) in [7, 11) is 0. The lowest BCUT2D eigenvalue weighted by atomic mass is 9.97. The molecule has 1 saturated heterocycles. The zero-order valence-electron chi connectivity index (χ0n) is 18.6. The van der Waals surface area contributed by atoms with E-state index in [0.29, 0.717) is 13.0 Å². The van der Waals surface area contributed by atoms with Crippen LogP contribution < -0.4 is 5.32 Å². The average molecular weight is 480 g/mol. The van der Waals surface area contributed by atoms with Crippen LogP contribution in [0, 0.1) is 5.82 Å². The van der Waals surface area contributed by atoms with Gasteiger partial charge >= 0.3 is 6.18 Å². The van der Waals surface area contributed by atoms with Crippen LogP contribution in [-0.2, 0) is 6.54 Å². The molecule has 1 atom stereocenters. The van der Waals surface area contributed by atoms with Crippen LogP contribution in [-0.4, -0.2) is 60.0 Å². The van der Waals surface area contributed by atoms with Crippen molar-refractivity contribution in [3.8, 4) is 0 Å². The monoisotopic (exact) mass is 480 g/mol. The summed E-state index contributed by atoms with van der Waals surface area (Å²) in [5.74, 6) is -0.742. The lowest BCUT2D eigenvalue weighted by Crippen LogP contribution is -2.40. The van der Waals surface area contributed by atoms with Crippen molar-refractivity contribution in [2.75, 3.05) is 11.9 Å². The van der Waals surface area contributed by atoms with Crippen LogP contribution in [0.25, 0.3) is 10.9 Å². The summed E-state index contributed by atoms with van der Waals surface area (Å²) in [6, 6.07) is 3.58. The van der Waals surface area contributed by atoms with Gasteiger partial charge in [0.1, 0.15) is 23.9 Å². The first-order chi connectivity index (χ1) is 15.9. The Labute approximate surface area is 192 Å². The number of nitrogens with one attached hydrogen (secondary N) is 1. The molecule has 3 aromatic rings. The molecule has 1 aliphatic heterocycles. The van der Waals surface area contributed by atoms with Crippen molar-refractivity contribution in [2.45, 2.75) is 57.5 Å². The van der Waals surface area contributed by atoms with E-state index in [1.807, 2.05) is 0 Å². The highest BCUT2D eigenvalue weighted by molar-refractivity contribution is 5.98. The number of aliphatic hydroxyl groups is 1. The summed E-state index contributed by atoms with van der Waals surface area (Å²) >= 11 is 0. The van der Waals surface area contributed by atoms with Gasteiger partial charge < -0.3 is 15.3 Å². The van der Waals surface area contributed by atoms with Gasteiger partial charge in [-0.3, -0.25) is 14.5 Å². The fourth-order valence-electron chi connectivity index (χ4n) is 4.18. The van der Waals surface area contributed by atoms with Crippen molar-refractivity contribution in [1.29, 1.82) is 0 Å². The summed E-state index contributed by atoms with van der Waals surface area (Å²) in [5, 5.41) is 17.2. The fraction of sp³-hybridized carbons (Fsp3) is 0.455. The van der Waals surface area contributed by atoms with Crippen molar-refractivity contribution >= 4 is 28.4 Å². The van der Waals surface area contributed by atoms with Gasteiger partial charge in [0.05, 0.1) is 22.7 Å². The molecular formula is C22H24F4N6O2. The van der Waals surface area contributed by atoms with Crippen LogP contribution in [0.5, 0.6) is 0 Å². The number of hydrogen-bond acceptors (Lipinski definition) is 6. The molecule has 1 amide bonds. The third-order valence-corrected chi connectivity index (χ3v) is 5.53. The minimum absolute atomic E-state index is 0.00933. The molecule has 2 N–H and O–H groups in total. The molecule has 0 aliphatic carbocycles. The number of hydrogen-bond donors (Lipinski definition) is 2. The predicted octanol–water partition coefficient (Wildman–Crippen LogP) is 4.04. The molecule has 3 aromatic heterocycles. The highest BCUT2D eigenvalue weighted by atomic mass is 19.4. The maximum Gasteiger partial charge on any atom is 0.408 e. The zero-order valence-corrected chi connectivity index (χ0v) is 18.6. The van der Waals surface area contributed by atoms with Crippen LogP contribution in [0.3, 0.4) is 0 Å². The second kappa shape index (κ2) is 8.82. The number of anilines is 2. The number of alkyl halides is 3. The normalized spacial score (nSPS) is 16.9. The van der Waals surface area contributed by atoms with Gasteiger partial charge in [-0.15, -0.1) is 0 Å². The first-order valence-electron chi connectivity index (χ1n) is 10.7. The first kappa shape index (κ1) is 23.9. The van der Waals surface area contributed by atoms with Crippen molar-refractivity contribution in [2.24, 2.45) is 0 Å². The Morgan fingerprint density at radius 2 is 2.00 bits per heavy atom. The number of likely N-dealkylation sites (tertiary alicyclic amines) is 1. The maximum atomic E-state index is 13.2. The zero-order chi connectivity index (χ0) is 24.7. The van der Waals surface area contributed by atoms with E-state index in [0.717, 1.165) is 29.8 Å². The maximum absolute atomic E-state index is 13.2. The van der Waals surface area contributed by atoms with Crippen molar-refractivity contribution in [3.63, 3.8) is 0 Å². The lowest BCUT2D eigenvalue weighted by Gasteiger charge is -2.29. The van der Waals surface area contributed by atoms with Gasteiger partial charge in [0.25, 0.3) is 5.91 Å². The molecule has 182 valence electrons. The second-order valence-corrected chi connectivity index (χ2v) is 9.01. The topological polar surface area (TPSA) is 96.2 Å². The highest BCUT2D eigenvalue weighted by Crippen LogP contribution is 2.30. The Morgan fingerprint density at radius 1 is 1.24 bits per heavy atom. The Hall–Kier alpha value is -3.28. The number of halogens is 4. The predicted molar refractivity (Wildman–Crippen MR) is 116 cm³/mol. The summed E-state index contributed by atoms with van der Waals surface area (Å²) in [6.45, 7) is 2.44. The van der Waals surface area contributed by atoms with Crippen LogP contribution in [0.4, 0.5) is 29.2 Å². The SMILES string of the molecule is CC(C)(O)C[C@@H]1CCCN1C(=O)c1cc2c(cn1)c(Nc1ccc(F)cn1)nn2CC(F)(F)F. The molecular weight excluding hydrogens is 456 g/mol. The summed E-state index contributed by atoms with van der Waals surface area (Å²) in [6.07, 6.45) is -0.430. The van der Waals surface area contributed by atoms with Crippen LogP contribution >= 0.6 is 0 Å². The van der Waals surface area contributed by atoms with E-state index in [1.54, 1.807) is 18.7 Å². The minimum atomic E-state index is -4.55. The van der Waals surface area contributed by atoms with Gasteiger partial charge in [0, 0.05) is 18.8 Å². The van der Waals surface area contributed by atoms with Gasteiger partial charge in [-0.2, -0.15) is 18.3 Å². The third kappa shape index (κ3) is 5.44. The largest absolute Gasteiger partial charge is 0.408 e. The van der Waals surface area contributed by atoms with E-state index < -0.39 is 30.0 Å². The fourth-order valence-corrected chi connectivity index (χ4v) is 4.18. The molecule has 1 aliphatic rings. The van der Waals surface area contributed by atoms with Crippen LogP contribution in [0.1, 0.15) is 43.6 Å². The molecule has 0 unspecified atom stereocenters. The van der Waals surface area contributed by atoms with Crippen molar-refractivity contribution < 1.29 is 27.5 Å². The van der Waals surface area contributed by atoms with E-state index in [-0.39, 0.29) is 34.3 Å². The lowest BCUT2D eigenvalue weighted by molar-refractivity contribution is -0.141. The molecule has 8 nitrogen and oxygen atoms in total. The minimum Gasteiger partial charge on any atom is -0.390 e. The van der Waals surface area contributed by atoms with E-state index in [9.17, 15) is 27.5 Å². The second-order valence-electron chi connectivity index (χ2n) is 9.01. The number of carbonyl (C=O) groups excluding carboxylic acids is 1. The Balaban J connectivity index is 1.69. The number of aromatic nitrogens is 4. The number of rotatable bonds is 6. The molecule has 1 fully saturated rings. The molecule has 12 heteroatoms. The Bertz CT molecular complexity index is 1190. The Kier molecular flexibility index (Phi) is 6.19. The highest BCUT2D eigenvalue weighted by Gasteiger charge is 2.34. The van der Waals surface area contributed by atoms with Gasteiger partial charge in [0.2, 0.25) is 0 Å². The van der Waals surface area contributed by atoms with Gasteiger partial charge in [0.15, 0.2) is 5.82 Å². The molecule has 0 radical (unpaired) electrons. The molecule has 0 spiro atoms. The summed E-state index contributed by atoms with van der Waals surface area (Å²) in [5.41, 5.74) is -0.908. The molecule has 0 bridgehead atoms. The van der Waals surface area contributed by atoms with Crippen LogP contribution in [0.15, 0.2) is 30.6 Å². The van der Waals surface area contributed by atoms with E-state index >= 15 is 0 Å². The Morgan fingerprint density at radius 3 is 2.65 bits per heavy atom.